The molecule has 1 saturated carbocycles. The molecule has 1 fully saturated rings. The Kier molecular flexibility index (Phi) is 3.93. The summed E-state index contributed by atoms with van der Waals surface area (Å²) in [5.74, 6) is -11.7. The Morgan fingerprint density at radius 3 is 1.79 bits per heavy atom. The fraction of sp³-hybridized carbons (Fsp3) is 0.500. The molecule has 0 heterocycles. The molecule has 7 heteroatoms. The lowest BCUT2D eigenvalue weighted by molar-refractivity contribution is 0.00197. The van der Waals surface area contributed by atoms with Crippen LogP contribution in [0.2, 0.25) is 0 Å². The van der Waals surface area contributed by atoms with Crippen molar-refractivity contribution in [2.75, 3.05) is 0 Å². The summed E-state index contributed by atoms with van der Waals surface area (Å²) >= 11 is 0. The Balaban J connectivity index is 2.34. The van der Waals surface area contributed by atoms with E-state index in [9.17, 15) is 27.1 Å². The van der Waals surface area contributed by atoms with Crippen molar-refractivity contribution in [3.63, 3.8) is 0 Å². The van der Waals surface area contributed by atoms with Crippen LogP contribution in [0.15, 0.2) is 0 Å². The number of rotatable bonds is 2. The second-order valence-corrected chi connectivity index (χ2v) is 4.41. The molecule has 1 N–H and O–H groups in total. The fourth-order valence-electron chi connectivity index (χ4n) is 2.05. The van der Waals surface area contributed by atoms with Crippen molar-refractivity contribution in [3.05, 3.63) is 29.1 Å². The predicted octanol–water partition coefficient (Wildman–Crippen LogP) is 3.06. The summed E-state index contributed by atoms with van der Waals surface area (Å²) in [6.45, 7) is 0. The highest BCUT2D eigenvalue weighted by Crippen LogP contribution is 2.32. The number of benzene rings is 1. The monoisotopic (exact) mass is 282 g/mol. The van der Waals surface area contributed by atoms with Gasteiger partial charge in [-0.1, -0.05) is 6.42 Å². The van der Waals surface area contributed by atoms with Crippen molar-refractivity contribution in [2.45, 2.75) is 37.9 Å². The lowest BCUT2D eigenvalue weighted by Gasteiger charge is -2.28. The summed E-state index contributed by atoms with van der Waals surface area (Å²) < 4.78 is 70.2. The average Bonchev–Trinajstić information content (AvgIpc) is 2.41. The zero-order valence-electron chi connectivity index (χ0n) is 9.73. The van der Waals surface area contributed by atoms with Gasteiger partial charge in [0.05, 0.1) is 6.10 Å². The first kappa shape index (κ1) is 14.0. The van der Waals surface area contributed by atoms with Gasteiger partial charge in [0.15, 0.2) is 5.75 Å². The smallest absolute Gasteiger partial charge is 0.207 e. The molecule has 0 unspecified atom stereocenters. The van der Waals surface area contributed by atoms with Crippen LogP contribution in [0.4, 0.5) is 22.0 Å². The van der Waals surface area contributed by atoms with Crippen molar-refractivity contribution in [1.82, 2.24) is 0 Å². The van der Waals surface area contributed by atoms with E-state index in [4.69, 9.17) is 4.74 Å². The quantitative estimate of drug-likeness (QED) is 0.513. The Labute approximate surface area is 105 Å². The van der Waals surface area contributed by atoms with Gasteiger partial charge in [-0.2, -0.15) is 8.78 Å². The summed E-state index contributed by atoms with van der Waals surface area (Å²) in [6.07, 6.45) is 0.0708. The zero-order valence-corrected chi connectivity index (χ0v) is 9.73. The van der Waals surface area contributed by atoms with E-state index in [2.05, 4.69) is 0 Å². The maximum atomic E-state index is 13.4. The van der Waals surface area contributed by atoms with E-state index in [1.54, 1.807) is 0 Å². The first-order chi connectivity index (χ1) is 8.93. The molecule has 1 aliphatic carbocycles. The molecule has 19 heavy (non-hydrogen) atoms. The molecule has 2 nitrogen and oxygen atoms in total. The highest BCUT2D eigenvalue weighted by Gasteiger charge is 2.31. The summed E-state index contributed by atoms with van der Waals surface area (Å²) in [4.78, 5) is 0. The summed E-state index contributed by atoms with van der Waals surface area (Å²) in [5.41, 5.74) is 0. The molecular formula is C12H11F5O2. The van der Waals surface area contributed by atoms with Crippen LogP contribution in [0, 0.1) is 29.1 Å². The number of aliphatic hydroxyl groups excluding tert-OH is 1. The second kappa shape index (κ2) is 5.32. The molecule has 0 radical (unpaired) electrons. The van der Waals surface area contributed by atoms with Crippen LogP contribution in [0.5, 0.6) is 5.75 Å². The Morgan fingerprint density at radius 1 is 0.789 bits per heavy atom. The van der Waals surface area contributed by atoms with E-state index in [0.29, 0.717) is 19.3 Å². The summed E-state index contributed by atoms with van der Waals surface area (Å²) in [6, 6.07) is 0. The molecular weight excluding hydrogens is 271 g/mol. The van der Waals surface area contributed by atoms with E-state index in [-0.39, 0.29) is 0 Å². The van der Waals surface area contributed by atoms with E-state index in [0.717, 1.165) is 6.42 Å². The van der Waals surface area contributed by atoms with Gasteiger partial charge in [-0.05, 0) is 19.3 Å². The maximum absolute atomic E-state index is 13.4. The van der Waals surface area contributed by atoms with Gasteiger partial charge in [0.2, 0.25) is 29.1 Å². The molecule has 0 aromatic heterocycles. The topological polar surface area (TPSA) is 29.5 Å². The summed E-state index contributed by atoms with van der Waals surface area (Å²) in [7, 11) is 0. The van der Waals surface area contributed by atoms with Gasteiger partial charge in [0.1, 0.15) is 6.10 Å². The number of ether oxygens (including phenoxy) is 1. The van der Waals surface area contributed by atoms with Crippen LogP contribution in [0.25, 0.3) is 0 Å². The van der Waals surface area contributed by atoms with E-state index in [1.807, 2.05) is 0 Å². The third-order valence-corrected chi connectivity index (χ3v) is 3.11. The maximum Gasteiger partial charge on any atom is 0.207 e. The van der Waals surface area contributed by atoms with Crippen molar-refractivity contribution in [1.29, 1.82) is 0 Å². The van der Waals surface area contributed by atoms with Crippen molar-refractivity contribution < 1.29 is 31.8 Å². The molecule has 2 atom stereocenters. The largest absolute Gasteiger partial charge is 0.481 e. The second-order valence-electron chi connectivity index (χ2n) is 4.41. The van der Waals surface area contributed by atoms with Gasteiger partial charge in [-0.3, -0.25) is 0 Å². The number of hydrogen-bond donors (Lipinski definition) is 1. The van der Waals surface area contributed by atoms with Gasteiger partial charge in [0, 0.05) is 0 Å². The van der Waals surface area contributed by atoms with Crippen LogP contribution in [-0.2, 0) is 0 Å². The third kappa shape index (κ3) is 2.51. The Hall–Kier alpha value is -1.37. The molecule has 0 spiro atoms. The Bertz CT molecular complexity index is 462. The van der Waals surface area contributed by atoms with Gasteiger partial charge in [-0.25, -0.2) is 13.2 Å². The number of hydrogen-bond acceptors (Lipinski definition) is 2. The normalized spacial score (nSPS) is 23.5. The van der Waals surface area contributed by atoms with E-state index < -0.39 is 47.0 Å². The van der Waals surface area contributed by atoms with Gasteiger partial charge < -0.3 is 9.84 Å². The van der Waals surface area contributed by atoms with Crippen molar-refractivity contribution >= 4 is 0 Å². The molecule has 1 aromatic carbocycles. The number of halogens is 5. The van der Waals surface area contributed by atoms with Crippen LogP contribution >= 0.6 is 0 Å². The first-order valence-corrected chi connectivity index (χ1v) is 5.79. The SMILES string of the molecule is O[C@H]1CCCC[C@@H]1Oc1c(F)c(F)c(F)c(F)c1F. The minimum absolute atomic E-state index is 0.292. The van der Waals surface area contributed by atoms with Crippen molar-refractivity contribution in [3.8, 4) is 5.75 Å². The summed E-state index contributed by atoms with van der Waals surface area (Å²) in [5, 5.41) is 9.57. The highest BCUT2D eigenvalue weighted by atomic mass is 19.2. The van der Waals surface area contributed by atoms with Gasteiger partial charge in [-0.15, -0.1) is 0 Å². The van der Waals surface area contributed by atoms with Crippen LogP contribution in [0.3, 0.4) is 0 Å². The molecule has 0 saturated heterocycles. The molecule has 0 aliphatic heterocycles. The lowest BCUT2D eigenvalue weighted by atomic mass is 9.95. The molecule has 2 rings (SSSR count). The molecule has 106 valence electrons. The zero-order chi connectivity index (χ0) is 14.2. The average molecular weight is 282 g/mol. The third-order valence-electron chi connectivity index (χ3n) is 3.11. The molecule has 0 bridgehead atoms. The minimum Gasteiger partial charge on any atom is -0.481 e. The van der Waals surface area contributed by atoms with Crippen LogP contribution < -0.4 is 4.74 Å². The standard InChI is InChI=1S/C12H11F5O2/c13-7-8(14)10(16)12(11(17)9(7)15)19-6-4-2-1-3-5(6)18/h5-6,18H,1-4H2/t5-,6-/m0/s1. The lowest BCUT2D eigenvalue weighted by Crippen LogP contribution is -2.35. The van der Waals surface area contributed by atoms with Crippen LogP contribution in [-0.4, -0.2) is 17.3 Å². The predicted molar refractivity (Wildman–Crippen MR) is 55.1 cm³/mol. The van der Waals surface area contributed by atoms with Crippen molar-refractivity contribution in [2.24, 2.45) is 0 Å². The molecule has 1 aromatic rings. The fourth-order valence-corrected chi connectivity index (χ4v) is 2.05. The molecule has 0 amide bonds. The highest BCUT2D eigenvalue weighted by molar-refractivity contribution is 5.30. The van der Waals surface area contributed by atoms with Gasteiger partial charge in [0.25, 0.3) is 0 Å². The molecule has 1 aliphatic rings. The van der Waals surface area contributed by atoms with Gasteiger partial charge >= 0.3 is 0 Å². The number of aliphatic hydroxyl groups is 1. The Morgan fingerprint density at radius 2 is 1.26 bits per heavy atom. The van der Waals surface area contributed by atoms with Crippen LogP contribution in [0.1, 0.15) is 25.7 Å². The van der Waals surface area contributed by atoms with E-state index in [1.165, 1.54) is 0 Å². The van der Waals surface area contributed by atoms with E-state index >= 15 is 0 Å². The minimum atomic E-state index is -2.23. The first-order valence-electron chi connectivity index (χ1n) is 5.79.